The minimum absolute atomic E-state index is 0.219. The summed E-state index contributed by atoms with van der Waals surface area (Å²) < 4.78 is 6.69. The number of hydrogen-bond donors (Lipinski definition) is 1. The van der Waals surface area contributed by atoms with E-state index in [4.69, 9.17) is 27.9 Å². The van der Waals surface area contributed by atoms with Gasteiger partial charge in [-0.1, -0.05) is 29.3 Å². The summed E-state index contributed by atoms with van der Waals surface area (Å²) in [5, 5.41) is 10.6. The molecule has 3 aromatic rings. The van der Waals surface area contributed by atoms with Gasteiger partial charge in [0.1, 0.15) is 5.75 Å². The quantitative estimate of drug-likeness (QED) is 0.706. The van der Waals surface area contributed by atoms with Gasteiger partial charge in [-0.15, -0.1) is 0 Å². The number of carboxylic acids is 1. The average molecular weight is 392 g/mol. The molecular formula is C19H15Cl2NO4. The van der Waals surface area contributed by atoms with Crippen LogP contribution in [0.5, 0.6) is 5.75 Å². The van der Waals surface area contributed by atoms with E-state index in [1.54, 1.807) is 43.3 Å². The van der Waals surface area contributed by atoms with E-state index < -0.39 is 5.97 Å². The lowest BCUT2D eigenvalue weighted by atomic mass is 10.1. The summed E-state index contributed by atoms with van der Waals surface area (Å²) in [6.07, 6.45) is -0.219. The van der Waals surface area contributed by atoms with Crippen LogP contribution in [-0.2, 0) is 11.2 Å². The maximum Gasteiger partial charge on any atom is 0.307 e. The minimum atomic E-state index is -0.990. The molecule has 0 fully saturated rings. The highest BCUT2D eigenvalue weighted by Crippen LogP contribution is 2.35. The maximum absolute atomic E-state index is 13.1. The van der Waals surface area contributed by atoms with Crippen molar-refractivity contribution in [1.29, 1.82) is 0 Å². The Balaban J connectivity index is 2.30. The number of methoxy groups -OCH3 is 1. The first kappa shape index (κ1) is 18.3. The molecule has 1 N–H and O–H groups in total. The number of ether oxygens (including phenoxy) is 1. The van der Waals surface area contributed by atoms with Crippen LogP contribution in [0.4, 0.5) is 0 Å². The number of hydrogen-bond acceptors (Lipinski definition) is 3. The third kappa shape index (κ3) is 3.16. The van der Waals surface area contributed by atoms with Crippen LogP contribution in [0.3, 0.4) is 0 Å². The molecule has 5 nitrogen and oxygen atoms in total. The van der Waals surface area contributed by atoms with Crippen molar-refractivity contribution in [2.75, 3.05) is 7.11 Å². The molecule has 0 saturated heterocycles. The summed E-state index contributed by atoms with van der Waals surface area (Å²) >= 11 is 12.2. The normalized spacial score (nSPS) is 10.9. The number of fused-ring (bicyclic) bond motifs is 1. The number of halogens is 2. The predicted molar refractivity (Wildman–Crippen MR) is 101 cm³/mol. The van der Waals surface area contributed by atoms with Crippen molar-refractivity contribution in [3.63, 3.8) is 0 Å². The molecule has 2 aromatic carbocycles. The van der Waals surface area contributed by atoms with Gasteiger partial charge in [0, 0.05) is 21.7 Å². The van der Waals surface area contributed by atoms with Gasteiger partial charge in [-0.2, -0.15) is 0 Å². The predicted octanol–water partition coefficient (Wildman–Crippen LogP) is 4.58. The van der Waals surface area contributed by atoms with Gasteiger partial charge in [0.15, 0.2) is 0 Å². The minimum Gasteiger partial charge on any atom is -0.495 e. The van der Waals surface area contributed by atoms with Crippen LogP contribution in [0.2, 0.25) is 10.0 Å². The molecule has 0 amide bonds. The molecule has 3 rings (SSSR count). The Hall–Kier alpha value is -2.50. The molecule has 1 heterocycles. The van der Waals surface area contributed by atoms with E-state index in [0.29, 0.717) is 43.5 Å². The Bertz CT molecular complexity index is 1040. The zero-order chi connectivity index (χ0) is 19.0. The van der Waals surface area contributed by atoms with E-state index >= 15 is 0 Å². The van der Waals surface area contributed by atoms with Crippen molar-refractivity contribution in [3.8, 4) is 5.75 Å². The first-order valence-corrected chi connectivity index (χ1v) is 8.48. The Kier molecular flexibility index (Phi) is 4.94. The molecule has 0 atom stereocenters. The topological polar surface area (TPSA) is 68.5 Å². The van der Waals surface area contributed by atoms with Crippen molar-refractivity contribution in [3.05, 3.63) is 63.3 Å². The van der Waals surface area contributed by atoms with Crippen LogP contribution in [0.15, 0.2) is 36.4 Å². The number of aromatic nitrogens is 1. The lowest BCUT2D eigenvalue weighted by molar-refractivity contribution is -0.136. The molecule has 7 heteroatoms. The van der Waals surface area contributed by atoms with Gasteiger partial charge in [-0.25, -0.2) is 0 Å². The molecule has 26 heavy (non-hydrogen) atoms. The third-order valence-corrected chi connectivity index (χ3v) is 4.74. The van der Waals surface area contributed by atoms with Crippen LogP contribution in [0.25, 0.3) is 10.9 Å². The van der Waals surface area contributed by atoms with Gasteiger partial charge in [0.05, 0.1) is 24.1 Å². The average Bonchev–Trinajstić information content (AvgIpc) is 2.84. The molecule has 0 aliphatic rings. The molecule has 0 radical (unpaired) electrons. The fraction of sp³-hybridized carbons (Fsp3) is 0.158. The number of carbonyl (C=O) groups excluding carboxylic acids is 1. The van der Waals surface area contributed by atoms with E-state index in [-0.39, 0.29) is 12.3 Å². The van der Waals surface area contributed by atoms with E-state index in [9.17, 15) is 14.7 Å². The summed E-state index contributed by atoms with van der Waals surface area (Å²) in [5.74, 6) is -0.887. The zero-order valence-electron chi connectivity index (χ0n) is 14.0. The molecule has 0 spiro atoms. The highest BCUT2D eigenvalue weighted by molar-refractivity contribution is 6.33. The molecule has 0 aliphatic carbocycles. The van der Waals surface area contributed by atoms with Gasteiger partial charge in [0.25, 0.3) is 5.91 Å². The van der Waals surface area contributed by atoms with E-state index in [1.165, 1.54) is 11.7 Å². The largest absolute Gasteiger partial charge is 0.495 e. The molecule has 0 saturated carbocycles. The second kappa shape index (κ2) is 7.02. The molecule has 0 bridgehead atoms. The van der Waals surface area contributed by atoms with Crippen molar-refractivity contribution in [2.24, 2.45) is 0 Å². The summed E-state index contributed by atoms with van der Waals surface area (Å²) in [6.45, 7) is 1.71. The lowest BCUT2D eigenvalue weighted by Gasteiger charge is -2.09. The fourth-order valence-electron chi connectivity index (χ4n) is 3.02. The van der Waals surface area contributed by atoms with E-state index in [1.807, 2.05) is 0 Å². The second-order valence-electron chi connectivity index (χ2n) is 5.79. The lowest BCUT2D eigenvalue weighted by Crippen LogP contribution is -2.14. The number of carbonyl (C=O) groups is 2. The van der Waals surface area contributed by atoms with E-state index in [0.717, 1.165) is 0 Å². The standard InChI is InChI=1S/C19H15Cl2NO4/c1-10-13(8-18(23)24)14-7-17(26-2)15(21)9-16(14)22(10)19(25)11-4-3-5-12(20)6-11/h3-7,9H,8H2,1-2H3,(H,23,24). The van der Waals surface area contributed by atoms with Crippen LogP contribution in [0, 0.1) is 6.92 Å². The molecule has 1 aromatic heterocycles. The summed E-state index contributed by atoms with van der Waals surface area (Å²) in [6, 6.07) is 9.85. The highest BCUT2D eigenvalue weighted by Gasteiger charge is 2.23. The summed E-state index contributed by atoms with van der Waals surface area (Å²) in [4.78, 5) is 24.4. The van der Waals surface area contributed by atoms with Crippen molar-refractivity contribution in [2.45, 2.75) is 13.3 Å². The number of rotatable bonds is 4. The fourth-order valence-corrected chi connectivity index (χ4v) is 3.45. The maximum atomic E-state index is 13.1. The first-order chi connectivity index (χ1) is 12.3. The summed E-state index contributed by atoms with van der Waals surface area (Å²) in [5.41, 5.74) is 2.00. The zero-order valence-corrected chi connectivity index (χ0v) is 15.6. The van der Waals surface area contributed by atoms with Gasteiger partial charge in [-0.05, 0) is 42.8 Å². The number of carboxylic acid groups (broad SMARTS) is 1. The summed E-state index contributed by atoms with van der Waals surface area (Å²) in [7, 11) is 1.48. The Morgan fingerprint density at radius 3 is 2.54 bits per heavy atom. The SMILES string of the molecule is COc1cc2c(CC(=O)O)c(C)n(C(=O)c3cccc(Cl)c3)c2cc1Cl. The number of aliphatic carboxylic acids is 1. The van der Waals surface area contributed by atoms with E-state index in [2.05, 4.69) is 0 Å². The highest BCUT2D eigenvalue weighted by atomic mass is 35.5. The second-order valence-corrected chi connectivity index (χ2v) is 6.63. The van der Waals surface area contributed by atoms with Crippen molar-refractivity contribution < 1.29 is 19.4 Å². The monoisotopic (exact) mass is 391 g/mol. The molecular weight excluding hydrogens is 377 g/mol. The Morgan fingerprint density at radius 1 is 1.19 bits per heavy atom. The van der Waals surface area contributed by atoms with Gasteiger partial charge in [0.2, 0.25) is 0 Å². The molecule has 0 aliphatic heterocycles. The van der Waals surface area contributed by atoms with Crippen LogP contribution in [0.1, 0.15) is 21.6 Å². The third-order valence-electron chi connectivity index (χ3n) is 4.21. The Morgan fingerprint density at radius 2 is 1.92 bits per heavy atom. The van der Waals surface area contributed by atoms with Gasteiger partial charge >= 0.3 is 5.97 Å². The van der Waals surface area contributed by atoms with Crippen LogP contribution < -0.4 is 4.74 Å². The van der Waals surface area contributed by atoms with Crippen molar-refractivity contribution >= 4 is 46.0 Å². The van der Waals surface area contributed by atoms with Gasteiger partial charge < -0.3 is 9.84 Å². The molecule has 0 unspecified atom stereocenters. The smallest absolute Gasteiger partial charge is 0.307 e. The number of benzene rings is 2. The van der Waals surface area contributed by atoms with Crippen molar-refractivity contribution in [1.82, 2.24) is 4.57 Å². The number of nitrogens with zero attached hydrogens (tertiary/aromatic N) is 1. The van der Waals surface area contributed by atoms with Crippen LogP contribution >= 0.6 is 23.2 Å². The first-order valence-electron chi connectivity index (χ1n) is 7.73. The Labute approximate surface area is 159 Å². The van der Waals surface area contributed by atoms with Gasteiger partial charge in [-0.3, -0.25) is 14.2 Å². The molecule has 134 valence electrons. The van der Waals surface area contributed by atoms with Crippen LogP contribution in [-0.4, -0.2) is 28.7 Å².